The molecule has 1 N–H and O–H groups in total. The van der Waals surface area contributed by atoms with Gasteiger partial charge in [0.05, 0.1) is 0 Å². The molecule has 1 aliphatic rings. The zero-order valence-electron chi connectivity index (χ0n) is 11.8. The largest absolute Gasteiger partial charge is 0.358 e. The van der Waals surface area contributed by atoms with E-state index >= 15 is 0 Å². The van der Waals surface area contributed by atoms with Gasteiger partial charge in [0.1, 0.15) is 5.69 Å². The van der Waals surface area contributed by atoms with Gasteiger partial charge in [-0.05, 0) is 30.3 Å². The molecule has 3 aromatic rings. The summed E-state index contributed by atoms with van der Waals surface area (Å²) >= 11 is 6.11. The molecule has 1 aromatic carbocycles. The second-order valence-electron chi connectivity index (χ2n) is 5.46. The summed E-state index contributed by atoms with van der Waals surface area (Å²) in [5.41, 5.74) is 3.92. The minimum Gasteiger partial charge on any atom is -0.358 e. The van der Waals surface area contributed by atoms with Gasteiger partial charge in [-0.3, -0.25) is 9.78 Å². The predicted molar refractivity (Wildman–Crippen MR) is 86.0 cm³/mol. The van der Waals surface area contributed by atoms with Crippen LogP contribution in [0.4, 0.5) is 0 Å². The van der Waals surface area contributed by atoms with E-state index < -0.39 is 0 Å². The van der Waals surface area contributed by atoms with Gasteiger partial charge in [-0.25, -0.2) is 0 Å². The number of fused-ring (bicyclic) bond motifs is 3. The molecule has 22 heavy (non-hydrogen) atoms. The standard InChI is InChI=1S/C17H14ClN3O/c18-11-4-5-14-12(9-11)13-10-21(8-6-15(13)20-14)17(22)16-3-1-2-7-19-16/h1-5,7,9,20H,6,8,10H2. The molecule has 0 atom stereocenters. The summed E-state index contributed by atoms with van der Waals surface area (Å²) in [4.78, 5) is 22.0. The molecule has 110 valence electrons. The SMILES string of the molecule is O=C(c1ccccn1)N1CCc2[nH]c3ccc(Cl)cc3c2C1. The third-order valence-electron chi connectivity index (χ3n) is 4.11. The maximum absolute atomic E-state index is 12.6. The van der Waals surface area contributed by atoms with Crippen molar-refractivity contribution < 1.29 is 4.79 Å². The maximum Gasteiger partial charge on any atom is 0.272 e. The van der Waals surface area contributed by atoms with Gasteiger partial charge >= 0.3 is 0 Å². The van der Waals surface area contributed by atoms with E-state index in [0.717, 1.165) is 22.9 Å². The fourth-order valence-electron chi connectivity index (χ4n) is 3.01. The molecule has 0 spiro atoms. The Hall–Kier alpha value is -2.33. The van der Waals surface area contributed by atoms with Crippen LogP contribution in [0.2, 0.25) is 5.02 Å². The molecule has 0 bridgehead atoms. The summed E-state index contributed by atoms with van der Waals surface area (Å²) < 4.78 is 0. The minimum atomic E-state index is -0.0253. The monoisotopic (exact) mass is 311 g/mol. The number of hydrogen-bond acceptors (Lipinski definition) is 2. The van der Waals surface area contributed by atoms with Gasteiger partial charge in [0.2, 0.25) is 0 Å². The van der Waals surface area contributed by atoms with Crippen LogP contribution in [0.5, 0.6) is 0 Å². The average Bonchev–Trinajstić information content (AvgIpc) is 2.92. The molecule has 5 heteroatoms. The van der Waals surface area contributed by atoms with E-state index in [0.29, 0.717) is 23.8 Å². The van der Waals surface area contributed by atoms with Crippen molar-refractivity contribution in [3.8, 4) is 0 Å². The molecule has 0 aliphatic carbocycles. The zero-order valence-corrected chi connectivity index (χ0v) is 12.6. The highest BCUT2D eigenvalue weighted by atomic mass is 35.5. The Morgan fingerprint density at radius 3 is 3.00 bits per heavy atom. The van der Waals surface area contributed by atoms with Gasteiger partial charge in [0.25, 0.3) is 5.91 Å². The lowest BCUT2D eigenvalue weighted by molar-refractivity contribution is 0.0729. The van der Waals surface area contributed by atoms with E-state index in [1.165, 1.54) is 5.69 Å². The summed E-state index contributed by atoms with van der Waals surface area (Å²) in [7, 11) is 0. The Morgan fingerprint density at radius 1 is 1.27 bits per heavy atom. The number of amides is 1. The number of rotatable bonds is 1. The number of aromatic amines is 1. The van der Waals surface area contributed by atoms with Crippen LogP contribution in [0.3, 0.4) is 0 Å². The normalized spacial score (nSPS) is 14.1. The van der Waals surface area contributed by atoms with Crippen molar-refractivity contribution in [2.24, 2.45) is 0 Å². The van der Waals surface area contributed by atoms with Crippen molar-refractivity contribution in [3.63, 3.8) is 0 Å². The molecule has 1 amide bonds. The van der Waals surface area contributed by atoms with Gasteiger partial charge in [0.15, 0.2) is 0 Å². The predicted octanol–water partition coefficient (Wildman–Crippen LogP) is 3.41. The molecule has 0 radical (unpaired) electrons. The third-order valence-corrected chi connectivity index (χ3v) is 4.34. The summed E-state index contributed by atoms with van der Waals surface area (Å²) in [6, 6.07) is 11.2. The van der Waals surface area contributed by atoms with Crippen LogP contribution in [0.1, 0.15) is 21.7 Å². The summed E-state index contributed by atoms with van der Waals surface area (Å²) in [5, 5.41) is 1.81. The van der Waals surface area contributed by atoms with Crippen LogP contribution in [0, 0.1) is 0 Å². The Balaban J connectivity index is 1.70. The lowest BCUT2D eigenvalue weighted by Gasteiger charge is -2.27. The number of nitrogens with one attached hydrogen (secondary N) is 1. The van der Waals surface area contributed by atoms with Crippen molar-refractivity contribution >= 4 is 28.4 Å². The Bertz CT molecular complexity index is 857. The van der Waals surface area contributed by atoms with Crippen LogP contribution < -0.4 is 0 Å². The van der Waals surface area contributed by atoms with Gasteiger partial charge in [-0.1, -0.05) is 17.7 Å². The van der Waals surface area contributed by atoms with E-state index in [9.17, 15) is 4.79 Å². The minimum absolute atomic E-state index is 0.0253. The first kappa shape index (κ1) is 13.3. The van der Waals surface area contributed by atoms with Gasteiger partial charge in [-0.2, -0.15) is 0 Å². The van der Waals surface area contributed by atoms with E-state index in [-0.39, 0.29) is 5.91 Å². The van der Waals surface area contributed by atoms with Crippen LogP contribution in [0.25, 0.3) is 10.9 Å². The molecule has 2 aromatic heterocycles. The molecular weight excluding hydrogens is 298 g/mol. The fraction of sp³-hybridized carbons (Fsp3) is 0.176. The van der Waals surface area contributed by atoms with Crippen LogP contribution in [-0.2, 0) is 13.0 Å². The maximum atomic E-state index is 12.6. The molecule has 3 heterocycles. The Labute approximate surface area is 132 Å². The lowest BCUT2D eigenvalue weighted by Crippen LogP contribution is -2.36. The topological polar surface area (TPSA) is 49.0 Å². The average molecular weight is 312 g/mol. The number of nitrogens with zero attached hydrogens (tertiary/aromatic N) is 2. The van der Waals surface area contributed by atoms with E-state index in [1.54, 1.807) is 12.3 Å². The second kappa shape index (κ2) is 5.14. The number of aromatic nitrogens is 2. The Kier molecular flexibility index (Phi) is 3.12. The first-order valence-electron chi connectivity index (χ1n) is 7.21. The van der Waals surface area contributed by atoms with Crippen molar-refractivity contribution in [2.75, 3.05) is 6.54 Å². The van der Waals surface area contributed by atoms with Crippen LogP contribution in [0.15, 0.2) is 42.6 Å². The molecule has 0 fully saturated rings. The zero-order chi connectivity index (χ0) is 15.1. The molecule has 0 saturated carbocycles. The molecule has 0 saturated heterocycles. The molecular formula is C17H14ClN3O. The highest BCUT2D eigenvalue weighted by Crippen LogP contribution is 2.30. The first-order valence-corrected chi connectivity index (χ1v) is 7.59. The summed E-state index contributed by atoms with van der Waals surface area (Å²) in [6.45, 7) is 1.29. The van der Waals surface area contributed by atoms with Gasteiger partial charge < -0.3 is 9.88 Å². The van der Waals surface area contributed by atoms with E-state index in [4.69, 9.17) is 11.6 Å². The summed E-state index contributed by atoms with van der Waals surface area (Å²) in [5.74, 6) is -0.0253. The van der Waals surface area contributed by atoms with Crippen molar-refractivity contribution in [1.29, 1.82) is 0 Å². The van der Waals surface area contributed by atoms with E-state index in [2.05, 4.69) is 9.97 Å². The number of halogens is 1. The van der Waals surface area contributed by atoms with Crippen molar-refractivity contribution in [3.05, 3.63) is 64.6 Å². The van der Waals surface area contributed by atoms with Gasteiger partial charge in [0, 0.05) is 52.9 Å². The third kappa shape index (κ3) is 2.16. The van der Waals surface area contributed by atoms with E-state index in [1.807, 2.05) is 35.2 Å². The Morgan fingerprint density at radius 2 is 2.18 bits per heavy atom. The van der Waals surface area contributed by atoms with Gasteiger partial charge in [-0.15, -0.1) is 0 Å². The number of pyridine rings is 1. The second-order valence-corrected chi connectivity index (χ2v) is 5.90. The number of hydrogen-bond donors (Lipinski definition) is 1. The highest BCUT2D eigenvalue weighted by molar-refractivity contribution is 6.31. The quantitative estimate of drug-likeness (QED) is 0.748. The van der Waals surface area contributed by atoms with Crippen molar-refractivity contribution in [2.45, 2.75) is 13.0 Å². The smallest absolute Gasteiger partial charge is 0.272 e. The van der Waals surface area contributed by atoms with Crippen molar-refractivity contribution in [1.82, 2.24) is 14.9 Å². The highest BCUT2D eigenvalue weighted by Gasteiger charge is 2.25. The van der Waals surface area contributed by atoms with Crippen LogP contribution in [-0.4, -0.2) is 27.3 Å². The number of H-pyrrole nitrogens is 1. The lowest BCUT2D eigenvalue weighted by atomic mass is 10.0. The van der Waals surface area contributed by atoms with Crippen LogP contribution >= 0.6 is 11.6 Å². The fourth-order valence-corrected chi connectivity index (χ4v) is 3.18. The molecule has 4 nitrogen and oxygen atoms in total. The molecule has 4 rings (SSSR count). The number of carbonyl (C=O) groups excluding carboxylic acids is 1. The molecule has 0 unspecified atom stereocenters. The number of benzene rings is 1. The number of carbonyl (C=O) groups is 1. The molecule has 1 aliphatic heterocycles. The first-order chi connectivity index (χ1) is 10.7. The summed E-state index contributed by atoms with van der Waals surface area (Å²) in [6.07, 6.45) is 2.47.